The number of phosphoric ester groups is 1. The fourth-order valence-electron chi connectivity index (χ4n) is 7.04. The molecular formula is C42H62N5O9P. The molecule has 1 aliphatic rings. The van der Waals surface area contributed by atoms with Crippen LogP contribution >= 0.6 is 7.82 Å². The van der Waals surface area contributed by atoms with E-state index in [1.165, 1.54) is 94.3 Å². The minimum Gasteiger partial charge on any atom is -0.387 e. The number of aromatic nitrogens is 3. The van der Waals surface area contributed by atoms with E-state index in [1.54, 1.807) is 43.3 Å². The third kappa shape index (κ3) is 14.5. The fraction of sp³-hybridized carbons (Fsp3) is 0.667. The van der Waals surface area contributed by atoms with E-state index in [4.69, 9.17) is 28.5 Å². The summed E-state index contributed by atoms with van der Waals surface area (Å²) < 4.78 is 42.7. The summed E-state index contributed by atoms with van der Waals surface area (Å²) in [6.45, 7) is 3.75. The number of phosphoric acid groups is 1. The number of hydrogen-bond acceptors (Lipinski definition) is 12. The maximum atomic E-state index is 13.0. The largest absolute Gasteiger partial charge is 0.472 e. The molecule has 3 N–H and O–H groups in total. The molecule has 3 heterocycles. The summed E-state index contributed by atoms with van der Waals surface area (Å²) >= 11 is 0. The van der Waals surface area contributed by atoms with Gasteiger partial charge in [-0.25, -0.2) is 14.1 Å². The van der Waals surface area contributed by atoms with Crippen LogP contribution in [0.2, 0.25) is 0 Å². The molecule has 2 aromatic heterocycles. The van der Waals surface area contributed by atoms with Crippen LogP contribution in [-0.2, 0) is 40.0 Å². The van der Waals surface area contributed by atoms with Crippen molar-refractivity contribution < 1.29 is 42.9 Å². The van der Waals surface area contributed by atoms with Gasteiger partial charge in [-0.15, -0.1) is 0 Å². The van der Waals surface area contributed by atoms with Crippen molar-refractivity contribution in [2.24, 2.45) is 0 Å². The number of aliphatic hydroxyl groups excluding tert-OH is 2. The van der Waals surface area contributed by atoms with E-state index in [2.05, 4.69) is 23.1 Å². The smallest absolute Gasteiger partial charge is 0.387 e. The van der Waals surface area contributed by atoms with Crippen molar-refractivity contribution in [2.45, 2.75) is 153 Å². The van der Waals surface area contributed by atoms with Gasteiger partial charge >= 0.3 is 7.82 Å². The van der Waals surface area contributed by atoms with Gasteiger partial charge in [0, 0.05) is 6.61 Å². The Morgan fingerprint density at radius 2 is 1.49 bits per heavy atom. The van der Waals surface area contributed by atoms with E-state index in [9.17, 15) is 24.9 Å². The lowest BCUT2D eigenvalue weighted by Crippen LogP contribution is -2.41. The Balaban J connectivity index is 1.18. The van der Waals surface area contributed by atoms with Crippen LogP contribution in [0.4, 0.5) is 0 Å². The summed E-state index contributed by atoms with van der Waals surface area (Å²) in [6.07, 6.45) is 16.3. The standard InChI is InChI=1S/C42H62N5O9P/c1-3-4-5-6-7-8-9-10-11-12-13-14-15-16-17-18-25-52-28-36(53-27-35-21-19-34(26-43)20-22-35)29-54-57(50,51)55-30-38-40(48)41(49)42(31-44,56-38)39-24-23-37-33(2)45-32-46-47(37)39/h19-24,32,36,38,40-41,48-49H,3-18,25,27-30H2,1-2H3,(H,50,51)/t36-,38-,40-,41-,42+/m1/s1. The van der Waals surface area contributed by atoms with Crippen LogP contribution < -0.4 is 0 Å². The molecule has 4 rings (SSSR count). The van der Waals surface area contributed by atoms with Gasteiger partial charge in [-0.3, -0.25) is 9.05 Å². The number of aliphatic hydroxyl groups is 2. The van der Waals surface area contributed by atoms with Gasteiger partial charge in [0.2, 0.25) is 5.60 Å². The summed E-state index contributed by atoms with van der Waals surface area (Å²) in [5, 5.41) is 45.3. The van der Waals surface area contributed by atoms with Crippen LogP contribution in [0, 0.1) is 29.6 Å². The molecule has 3 aromatic rings. The Bertz CT molecular complexity index is 1750. The van der Waals surface area contributed by atoms with Crippen LogP contribution in [-0.4, -0.2) is 80.5 Å². The first-order valence-electron chi connectivity index (χ1n) is 20.7. The van der Waals surface area contributed by atoms with Crippen molar-refractivity contribution in [3.8, 4) is 12.1 Å². The van der Waals surface area contributed by atoms with Gasteiger partial charge in [0.25, 0.3) is 0 Å². The van der Waals surface area contributed by atoms with E-state index < -0.39 is 44.4 Å². The SMILES string of the molecule is CCCCCCCCCCCCCCCCCCOC[C@H](COP(=O)(O)OC[C@H]1O[C@@](C#N)(c2ccc3c(C)ncnn23)[C@H](O)[C@@H]1O)OCc1ccc(C#N)cc1. The minimum absolute atomic E-state index is 0.102. The molecular weight excluding hydrogens is 749 g/mol. The highest BCUT2D eigenvalue weighted by Crippen LogP contribution is 2.46. The van der Waals surface area contributed by atoms with Crippen LogP contribution in [0.5, 0.6) is 0 Å². The first kappa shape index (κ1) is 46.4. The topological polar surface area (TPSA) is 202 Å². The third-order valence-electron chi connectivity index (χ3n) is 10.5. The van der Waals surface area contributed by atoms with Crippen molar-refractivity contribution in [3.63, 3.8) is 0 Å². The van der Waals surface area contributed by atoms with Crippen molar-refractivity contribution in [3.05, 3.63) is 65.2 Å². The Morgan fingerprint density at radius 3 is 2.09 bits per heavy atom. The van der Waals surface area contributed by atoms with Crippen LogP contribution in [0.1, 0.15) is 132 Å². The van der Waals surface area contributed by atoms with Crippen LogP contribution in [0.25, 0.3) is 5.52 Å². The lowest BCUT2D eigenvalue weighted by Gasteiger charge is -2.24. The number of nitriles is 2. The zero-order valence-corrected chi connectivity index (χ0v) is 34.6. The number of rotatable bonds is 29. The lowest BCUT2D eigenvalue weighted by atomic mass is 9.92. The van der Waals surface area contributed by atoms with Crippen molar-refractivity contribution in [1.82, 2.24) is 14.6 Å². The Hall–Kier alpha value is -3.27. The number of unbranched alkanes of at least 4 members (excludes halogenated alkanes) is 15. The minimum atomic E-state index is -4.74. The Morgan fingerprint density at radius 1 is 0.877 bits per heavy atom. The summed E-state index contributed by atoms with van der Waals surface area (Å²) in [5.74, 6) is 0. The number of ether oxygens (including phenoxy) is 3. The second kappa shape index (κ2) is 24.6. The van der Waals surface area contributed by atoms with Gasteiger partial charge in [-0.05, 0) is 43.2 Å². The molecule has 1 saturated heterocycles. The number of aryl methyl sites for hydroxylation is 1. The molecule has 1 unspecified atom stereocenters. The van der Waals surface area contributed by atoms with Gasteiger partial charge in [-0.2, -0.15) is 15.6 Å². The molecule has 6 atom stereocenters. The molecule has 1 aromatic carbocycles. The quantitative estimate of drug-likeness (QED) is 0.0454. The molecule has 15 heteroatoms. The second-order valence-corrected chi connectivity index (χ2v) is 16.4. The molecule has 1 aliphatic heterocycles. The second-order valence-electron chi connectivity index (χ2n) is 15.0. The monoisotopic (exact) mass is 811 g/mol. The van der Waals surface area contributed by atoms with E-state index in [0.29, 0.717) is 23.4 Å². The Kier molecular flexibility index (Phi) is 20.0. The predicted octanol–water partition coefficient (Wildman–Crippen LogP) is 7.75. The average molecular weight is 812 g/mol. The van der Waals surface area contributed by atoms with E-state index in [0.717, 1.165) is 24.8 Å². The van der Waals surface area contributed by atoms with Crippen molar-refractivity contribution >= 4 is 13.3 Å². The highest BCUT2D eigenvalue weighted by molar-refractivity contribution is 7.47. The van der Waals surface area contributed by atoms with E-state index in [1.807, 2.05) is 6.07 Å². The Labute approximate surface area is 337 Å². The molecule has 0 aliphatic carbocycles. The van der Waals surface area contributed by atoms with Gasteiger partial charge in [0.15, 0.2) is 0 Å². The van der Waals surface area contributed by atoms with Crippen molar-refractivity contribution in [2.75, 3.05) is 26.4 Å². The van der Waals surface area contributed by atoms with E-state index in [-0.39, 0.29) is 25.5 Å². The summed E-state index contributed by atoms with van der Waals surface area (Å²) in [5.41, 5.74) is 0.621. The lowest BCUT2D eigenvalue weighted by molar-refractivity contribution is -0.0690. The normalized spacial score (nSPS) is 21.0. The molecule has 1 fully saturated rings. The summed E-state index contributed by atoms with van der Waals surface area (Å²) in [7, 11) is -4.74. The number of hydrogen-bond donors (Lipinski definition) is 3. The number of fused-ring (bicyclic) bond motifs is 1. The first-order valence-corrected chi connectivity index (χ1v) is 22.2. The number of nitrogens with zero attached hydrogens (tertiary/aromatic N) is 5. The first-order chi connectivity index (χ1) is 27.6. The molecule has 0 saturated carbocycles. The zero-order chi connectivity index (χ0) is 40.9. The zero-order valence-electron chi connectivity index (χ0n) is 33.7. The predicted molar refractivity (Wildman–Crippen MR) is 214 cm³/mol. The van der Waals surface area contributed by atoms with E-state index >= 15 is 0 Å². The molecule has 0 radical (unpaired) electrons. The molecule has 314 valence electrons. The van der Waals surface area contributed by atoms with Gasteiger partial charge in [0.1, 0.15) is 36.8 Å². The maximum Gasteiger partial charge on any atom is 0.472 e. The van der Waals surface area contributed by atoms with Gasteiger partial charge in [-0.1, -0.05) is 115 Å². The molecule has 0 spiro atoms. The average Bonchev–Trinajstić information content (AvgIpc) is 3.77. The van der Waals surface area contributed by atoms with Gasteiger partial charge < -0.3 is 29.3 Å². The highest BCUT2D eigenvalue weighted by Gasteiger charge is 2.58. The summed E-state index contributed by atoms with van der Waals surface area (Å²) in [4.78, 5) is 14.7. The highest BCUT2D eigenvalue weighted by atomic mass is 31.2. The molecule has 0 amide bonds. The van der Waals surface area contributed by atoms with Crippen molar-refractivity contribution in [1.29, 1.82) is 10.5 Å². The number of benzene rings is 1. The maximum absolute atomic E-state index is 13.0. The fourth-order valence-corrected chi connectivity index (χ4v) is 7.80. The summed E-state index contributed by atoms with van der Waals surface area (Å²) in [6, 6.07) is 14.1. The molecule has 14 nitrogen and oxygen atoms in total. The van der Waals surface area contributed by atoms with Crippen LogP contribution in [0.15, 0.2) is 42.7 Å². The van der Waals surface area contributed by atoms with Gasteiger partial charge in [0.05, 0.1) is 55.0 Å². The van der Waals surface area contributed by atoms with Crippen LogP contribution in [0.3, 0.4) is 0 Å². The molecule has 57 heavy (non-hydrogen) atoms. The third-order valence-corrected chi connectivity index (χ3v) is 11.4. The molecule has 0 bridgehead atoms.